The molecule has 0 saturated heterocycles. The molecule has 1 rings (SSSR count). The van der Waals surface area contributed by atoms with Crippen LogP contribution in [0.2, 0.25) is 0 Å². The first kappa shape index (κ1) is 8.82. The van der Waals surface area contributed by atoms with Gasteiger partial charge in [0.25, 0.3) is 5.78 Å². The van der Waals surface area contributed by atoms with E-state index in [1.54, 1.807) is 0 Å². The largest absolute Gasteiger partial charge is 0.384 e. The number of carbonyl (C=O) groups is 1. The number of aromatic nitrogens is 2. The minimum atomic E-state index is -0.594. The van der Waals surface area contributed by atoms with Crippen LogP contribution in [0.15, 0.2) is 6.07 Å². The predicted molar refractivity (Wildman–Crippen MR) is 44.9 cm³/mol. The van der Waals surface area contributed by atoms with Crippen molar-refractivity contribution in [2.75, 3.05) is 11.5 Å². The summed E-state index contributed by atoms with van der Waals surface area (Å²) in [4.78, 5) is 20.7. The number of nitrogens with zero attached hydrogens (tertiary/aromatic N) is 4. The number of nitrogens with two attached hydrogens (primary N) is 2. The Hall–Kier alpha value is -2.27. The third-order valence-corrected chi connectivity index (χ3v) is 1.19. The van der Waals surface area contributed by atoms with E-state index in [9.17, 15) is 4.79 Å². The van der Waals surface area contributed by atoms with Crippen LogP contribution in [0.1, 0.15) is 10.5 Å². The minimum absolute atomic E-state index is 0.0113. The number of anilines is 2. The fraction of sp³-hybridized carbons (Fsp3) is 0. The fourth-order valence-electron chi connectivity index (χ4n) is 0.730. The van der Waals surface area contributed by atoms with Gasteiger partial charge in [-0.2, -0.15) is 9.77 Å². The van der Waals surface area contributed by atoms with E-state index in [4.69, 9.17) is 17.0 Å². The molecule has 4 N–H and O–H groups in total. The Bertz CT molecular complexity index is 374. The molecule has 0 aliphatic rings. The first-order chi connectivity index (χ1) is 6.13. The lowest BCUT2D eigenvalue weighted by Gasteiger charge is -1.96. The van der Waals surface area contributed by atoms with Crippen molar-refractivity contribution in [2.24, 2.45) is 0 Å². The average Bonchev–Trinajstić information content (AvgIpc) is 2.03. The zero-order valence-electron chi connectivity index (χ0n) is 6.51. The van der Waals surface area contributed by atoms with Crippen LogP contribution >= 0.6 is 0 Å². The van der Waals surface area contributed by atoms with E-state index < -0.39 is 5.78 Å². The van der Waals surface area contributed by atoms with Gasteiger partial charge in [0.15, 0.2) is 0 Å². The van der Waals surface area contributed by atoms with E-state index >= 15 is 0 Å². The first-order valence-electron chi connectivity index (χ1n) is 3.25. The summed E-state index contributed by atoms with van der Waals surface area (Å²) in [7, 11) is 0. The third kappa shape index (κ3) is 2.08. The van der Waals surface area contributed by atoms with Crippen molar-refractivity contribution in [2.45, 2.75) is 0 Å². The van der Waals surface area contributed by atoms with Gasteiger partial charge in [0, 0.05) is 6.07 Å². The van der Waals surface area contributed by atoms with E-state index in [0.29, 0.717) is 6.21 Å². The summed E-state index contributed by atoms with van der Waals surface area (Å²) < 4.78 is 0. The molecule has 66 valence electrons. The summed E-state index contributed by atoms with van der Waals surface area (Å²) in [6.45, 7) is 0. The van der Waals surface area contributed by atoms with Crippen molar-refractivity contribution in [1.29, 1.82) is 0 Å². The van der Waals surface area contributed by atoms with E-state index in [2.05, 4.69) is 14.8 Å². The van der Waals surface area contributed by atoms with Gasteiger partial charge in [0.1, 0.15) is 11.5 Å². The van der Waals surface area contributed by atoms with Crippen LogP contribution in [-0.2, 0) is 0 Å². The molecule has 7 nitrogen and oxygen atoms in total. The van der Waals surface area contributed by atoms with Crippen molar-refractivity contribution in [3.8, 4) is 0 Å². The van der Waals surface area contributed by atoms with Gasteiger partial charge in [-0.25, -0.2) is 4.98 Å². The molecule has 0 radical (unpaired) electrons. The molecule has 7 heteroatoms. The molecule has 0 amide bonds. The average molecular weight is 178 g/mol. The van der Waals surface area contributed by atoms with Gasteiger partial charge in [0.2, 0.25) is 5.95 Å². The highest BCUT2D eigenvalue weighted by molar-refractivity contribution is 6.32. The topological polar surface area (TPSA) is 131 Å². The molecular weight excluding hydrogens is 172 g/mol. The van der Waals surface area contributed by atoms with Gasteiger partial charge in [0.05, 0.1) is 0 Å². The Balaban J connectivity index is 3.15. The zero-order valence-corrected chi connectivity index (χ0v) is 6.51. The molecule has 0 fully saturated rings. The molecule has 0 spiro atoms. The second-order valence-electron chi connectivity index (χ2n) is 2.15. The second kappa shape index (κ2) is 3.42. The molecular formula is C6H6N6O. The maximum Gasteiger partial charge on any atom is 0.329 e. The molecule has 0 aliphatic heterocycles. The van der Waals surface area contributed by atoms with Gasteiger partial charge >= 0.3 is 6.21 Å². The van der Waals surface area contributed by atoms with Crippen LogP contribution in [0.5, 0.6) is 0 Å². The highest BCUT2D eigenvalue weighted by atomic mass is 16.1. The highest BCUT2D eigenvalue weighted by Crippen LogP contribution is 2.03. The summed E-state index contributed by atoms with van der Waals surface area (Å²) in [5.41, 5.74) is 18.6. The van der Waals surface area contributed by atoms with E-state index in [0.717, 1.165) is 0 Å². The number of nitrogen functional groups attached to an aromatic ring is 2. The minimum Gasteiger partial charge on any atom is -0.384 e. The Labute approximate surface area is 73.0 Å². The number of hydrogen-bond donors (Lipinski definition) is 2. The van der Waals surface area contributed by atoms with Crippen LogP contribution in [-0.4, -0.2) is 26.8 Å². The van der Waals surface area contributed by atoms with Crippen LogP contribution in [0, 0.1) is 0 Å². The molecule has 0 aliphatic carbocycles. The first-order valence-corrected chi connectivity index (χ1v) is 3.25. The molecule has 1 heterocycles. The van der Waals surface area contributed by atoms with Gasteiger partial charge < -0.3 is 17.0 Å². The predicted octanol–water partition coefficient (Wildman–Crippen LogP) is -0.876. The number of carbonyl (C=O) groups excluding carboxylic acids is 1. The lowest BCUT2D eigenvalue weighted by molar-refractivity contribution is 0.00230. The lowest BCUT2D eigenvalue weighted by atomic mass is 10.3. The van der Waals surface area contributed by atoms with Gasteiger partial charge in [-0.3, -0.25) is 4.79 Å². The molecule has 1 aromatic rings. The maximum atomic E-state index is 11.0. The number of Topliss-reactive ketones (excluding diaryl/α,β-unsaturated/α-hetero) is 1. The lowest BCUT2D eigenvalue weighted by Crippen LogP contribution is -2.09. The van der Waals surface area contributed by atoms with E-state index in [-0.39, 0.29) is 17.5 Å². The highest BCUT2D eigenvalue weighted by Gasteiger charge is 2.10. The SMILES string of the molecule is [N-]=[N+]=CC(=O)c1cc(N)nc(N)n1. The third-order valence-electron chi connectivity index (χ3n) is 1.19. The van der Waals surface area contributed by atoms with Crippen molar-refractivity contribution in [3.63, 3.8) is 0 Å². The van der Waals surface area contributed by atoms with Crippen molar-refractivity contribution in [1.82, 2.24) is 9.97 Å². The monoisotopic (exact) mass is 178 g/mol. The smallest absolute Gasteiger partial charge is 0.329 e. The van der Waals surface area contributed by atoms with Crippen molar-refractivity contribution in [3.05, 3.63) is 17.3 Å². The van der Waals surface area contributed by atoms with Gasteiger partial charge in [-0.05, 0) is 0 Å². The molecule has 13 heavy (non-hydrogen) atoms. The second-order valence-corrected chi connectivity index (χ2v) is 2.15. The molecule has 1 aromatic heterocycles. The van der Waals surface area contributed by atoms with Crippen LogP contribution < -0.4 is 11.5 Å². The van der Waals surface area contributed by atoms with E-state index in [1.165, 1.54) is 6.07 Å². The normalized spacial score (nSPS) is 8.92. The zero-order chi connectivity index (χ0) is 9.84. The Morgan fingerprint density at radius 3 is 2.77 bits per heavy atom. The number of hydrogen-bond acceptors (Lipinski definition) is 5. The van der Waals surface area contributed by atoms with Crippen molar-refractivity contribution >= 4 is 23.8 Å². The molecule has 0 unspecified atom stereocenters. The summed E-state index contributed by atoms with van der Waals surface area (Å²) in [6, 6.07) is 1.24. The summed E-state index contributed by atoms with van der Waals surface area (Å²) in [5, 5.41) is 0. The van der Waals surface area contributed by atoms with Gasteiger partial charge in [-0.15, -0.1) is 0 Å². The number of rotatable bonds is 2. The molecule has 0 aromatic carbocycles. The standard InChI is InChI=1S/C6H6N6O/c7-5-1-3(4(13)2-10-9)11-6(8)12-5/h1-2H,(H4,7,8,11,12). The quantitative estimate of drug-likeness (QED) is 0.263. The fourth-order valence-corrected chi connectivity index (χ4v) is 0.730. The summed E-state index contributed by atoms with van der Waals surface area (Å²) in [5.74, 6) is -0.611. The summed E-state index contributed by atoms with van der Waals surface area (Å²) >= 11 is 0. The maximum absolute atomic E-state index is 11.0. The van der Waals surface area contributed by atoms with Crippen LogP contribution in [0.4, 0.5) is 11.8 Å². The Kier molecular flexibility index (Phi) is 2.32. The Morgan fingerprint density at radius 2 is 2.23 bits per heavy atom. The van der Waals surface area contributed by atoms with E-state index in [1.807, 2.05) is 0 Å². The molecule has 0 atom stereocenters. The van der Waals surface area contributed by atoms with Crippen LogP contribution in [0.25, 0.3) is 5.53 Å². The summed E-state index contributed by atoms with van der Waals surface area (Å²) in [6.07, 6.45) is 0.696. The molecule has 0 bridgehead atoms. The number of ketones is 1. The van der Waals surface area contributed by atoms with Gasteiger partial charge in [-0.1, -0.05) is 0 Å². The van der Waals surface area contributed by atoms with Crippen molar-refractivity contribution < 1.29 is 9.58 Å². The Morgan fingerprint density at radius 1 is 1.54 bits per heavy atom. The molecule has 0 saturated carbocycles. The van der Waals surface area contributed by atoms with Crippen LogP contribution in [0.3, 0.4) is 0 Å².